The van der Waals surface area contributed by atoms with Gasteiger partial charge in [-0.15, -0.1) is 0 Å². The van der Waals surface area contributed by atoms with E-state index in [0.29, 0.717) is 28.9 Å². The van der Waals surface area contributed by atoms with E-state index in [9.17, 15) is 0 Å². The van der Waals surface area contributed by atoms with E-state index in [2.05, 4.69) is 40.3 Å². The minimum Gasteiger partial charge on any atom is -0.360 e. The van der Waals surface area contributed by atoms with Gasteiger partial charge in [-0.2, -0.15) is 9.97 Å². The predicted octanol–water partition coefficient (Wildman–Crippen LogP) is 4.96. The monoisotopic (exact) mass is 444 g/mol. The summed E-state index contributed by atoms with van der Waals surface area (Å²) in [6.07, 6.45) is 12.7. The van der Waals surface area contributed by atoms with Crippen LogP contribution in [0.2, 0.25) is 0 Å². The first kappa shape index (κ1) is 22.6. The molecule has 1 saturated carbocycles. The van der Waals surface area contributed by atoms with Gasteiger partial charge in [-0.3, -0.25) is 0 Å². The second-order valence-electron chi connectivity index (χ2n) is 10.1. The van der Waals surface area contributed by atoms with Gasteiger partial charge < -0.3 is 20.4 Å². The maximum Gasteiger partial charge on any atom is 0.232 e. The number of nitrogens with one attached hydrogen (secondary N) is 2. The van der Waals surface area contributed by atoms with Crippen LogP contribution in [0.5, 0.6) is 0 Å². The van der Waals surface area contributed by atoms with E-state index >= 15 is 0 Å². The van der Waals surface area contributed by atoms with Crippen LogP contribution in [0.1, 0.15) is 78.1 Å². The van der Waals surface area contributed by atoms with Crippen molar-refractivity contribution < 1.29 is 0 Å². The van der Waals surface area contributed by atoms with Crippen LogP contribution in [0, 0.1) is 11.8 Å². The summed E-state index contributed by atoms with van der Waals surface area (Å²) in [5.41, 5.74) is 0. The first-order valence-electron chi connectivity index (χ1n) is 12.5. The number of nitrogens with zero attached hydrogens (tertiary/aromatic N) is 4. The van der Waals surface area contributed by atoms with Crippen LogP contribution in [-0.2, 0) is 0 Å². The van der Waals surface area contributed by atoms with Gasteiger partial charge in [0.25, 0.3) is 0 Å². The van der Waals surface area contributed by atoms with E-state index in [1.165, 1.54) is 64.2 Å². The van der Waals surface area contributed by atoms with E-state index < -0.39 is 0 Å². The molecular formula is C24H40N6S. The fourth-order valence-corrected chi connectivity index (χ4v) is 5.60. The molecule has 172 valence electrons. The standard InChI is InChI=1S/C24H40N6S/c1-18-9-7-13-29(16-18)21-15-22(30-14-8-10-19(2)17-30)27-23(26-21)28-24(31)25-20-11-5-3-4-6-12-20/h15,18-20H,3-14,16-17H2,1-2H3,(H2,25,26,27,28,31)/t18-,19-/m0/s1. The SMILES string of the molecule is C[C@H]1CCCN(c2cc(N3CCC[C@H](C)C3)nc(NC(=S)NC3CCCCCC3)n2)C1. The zero-order chi connectivity index (χ0) is 21.6. The highest BCUT2D eigenvalue weighted by atomic mass is 32.1. The third-order valence-electron chi connectivity index (χ3n) is 7.08. The van der Waals surface area contributed by atoms with Gasteiger partial charge in [0, 0.05) is 38.3 Å². The highest BCUT2D eigenvalue weighted by Gasteiger charge is 2.23. The Hall–Kier alpha value is -1.63. The summed E-state index contributed by atoms with van der Waals surface area (Å²) in [5.74, 6) is 4.12. The van der Waals surface area contributed by atoms with Crippen LogP contribution in [0.4, 0.5) is 17.6 Å². The zero-order valence-electron chi connectivity index (χ0n) is 19.4. The Bertz CT molecular complexity index is 693. The average Bonchev–Trinajstić information content (AvgIpc) is 3.02. The average molecular weight is 445 g/mol. The second-order valence-corrected chi connectivity index (χ2v) is 10.5. The Kier molecular flexibility index (Phi) is 7.86. The molecule has 1 aliphatic carbocycles. The van der Waals surface area contributed by atoms with E-state index in [0.717, 1.165) is 37.8 Å². The molecule has 2 saturated heterocycles. The van der Waals surface area contributed by atoms with Crippen molar-refractivity contribution in [3.8, 4) is 0 Å². The number of rotatable bonds is 4. The normalized spacial score (nSPS) is 25.7. The smallest absolute Gasteiger partial charge is 0.232 e. The van der Waals surface area contributed by atoms with E-state index in [-0.39, 0.29) is 0 Å². The van der Waals surface area contributed by atoms with Crippen molar-refractivity contribution >= 4 is 34.9 Å². The van der Waals surface area contributed by atoms with Gasteiger partial charge in [0.2, 0.25) is 5.95 Å². The number of anilines is 3. The number of hydrogen-bond acceptors (Lipinski definition) is 5. The summed E-state index contributed by atoms with van der Waals surface area (Å²) in [7, 11) is 0. The molecule has 3 fully saturated rings. The van der Waals surface area contributed by atoms with E-state index in [4.69, 9.17) is 22.2 Å². The molecule has 0 aromatic carbocycles. The molecule has 2 aliphatic heterocycles. The highest BCUT2D eigenvalue weighted by molar-refractivity contribution is 7.80. The lowest BCUT2D eigenvalue weighted by atomic mass is 10.00. The van der Waals surface area contributed by atoms with Crippen molar-refractivity contribution in [2.24, 2.45) is 11.8 Å². The van der Waals surface area contributed by atoms with Crippen molar-refractivity contribution in [2.75, 3.05) is 41.3 Å². The topological polar surface area (TPSA) is 56.3 Å². The molecule has 1 aromatic rings. The largest absolute Gasteiger partial charge is 0.360 e. The maximum atomic E-state index is 5.67. The molecule has 0 spiro atoms. The van der Waals surface area contributed by atoms with Crippen LogP contribution in [0.15, 0.2) is 6.07 Å². The summed E-state index contributed by atoms with van der Waals surface area (Å²) in [5, 5.41) is 7.53. The van der Waals surface area contributed by atoms with Crippen molar-refractivity contribution in [1.82, 2.24) is 15.3 Å². The van der Waals surface area contributed by atoms with Gasteiger partial charge in [0.05, 0.1) is 0 Å². The zero-order valence-corrected chi connectivity index (χ0v) is 20.2. The van der Waals surface area contributed by atoms with Crippen molar-refractivity contribution in [2.45, 2.75) is 84.1 Å². The fourth-order valence-electron chi connectivity index (χ4n) is 5.34. The molecule has 6 nitrogen and oxygen atoms in total. The molecule has 0 amide bonds. The summed E-state index contributed by atoms with van der Waals surface area (Å²) in [6, 6.07) is 2.67. The Morgan fingerprint density at radius 2 is 1.39 bits per heavy atom. The quantitative estimate of drug-likeness (QED) is 0.503. The number of piperidine rings is 2. The molecule has 4 rings (SSSR count). The second kappa shape index (κ2) is 10.8. The van der Waals surface area contributed by atoms with Crippen LogP contribution in [-0.4, -0.2) is 47.3 Å². The number of hydrogen-bond donors (Lipinski definition) is 2. The third-order valence-corrected chi connectivity index (χ3v) is 7.30. The highest BCUT2D eigenvalue weighted by Crippen LogP contribution is 2.28. The molecule has 2 N–H and O–H groups in total. The molecule has 31 heavy (non-hydrogen) atoms. The van der Waals surface area contributed by atoms with Crippen molar-refractivity contribution in [3.63, 3.8) is 0 Å². The summed E-state index contributed by atoms with van der Waals surface area (Å²) < 4.78 is 0. The first-order valence-corrected chi connectivity index (χ1v) is 12.9. The summed E-state index contributed by atoms with van der Waals surface area (Å²) in [6.45, 7) is 8.95. The number of aromatic nitrogens is 2. The molecule has 3 aliphatic rings. The van der Waals surface area contributed by atoms with Gasteiger partial charge in [-0.25, -0.2) is 0 Å². The van der Waals surface area contributed by atoms with Crippen molar-refractivity contribution in [1.29, 1.82) is 0 Å². The van der Waals surface area contributed by atoms with E-state index in [1.807, 2.05) is 0 Å². The molecule has 0 radical (unpaired) electrons. The molecule has 2 atom stereocenters. The molecule has 0 unspecified atom stereocenters. The fraction of sp³-hybridized carbons (Fsp3) is 0.792. The van der Waals surface area contributed by atoms with Crippen LogP contribution in [0.25, 0.3) is 0 Å². The maximum absolute atomic E-state index is 5.67. The lowest BCUT2D eigenvalue weighted by Crippen LogP contribution is -2.39. The van der Waals surface area contributed by atoms with Crippen LogP contribution >= 0.6 is 12.2 Å². The molecule has 1 aromatic heterocycles. The Morgan fingerprint density at radius 3 is 1.90 bits per heavy atom. The van der Waals surface area contributed by atoms with Gasteiger partial charge in [-0.05, 0) is 62.6 Å². The lowest BCUT2D eigenvalue weighted by Gasteiger charge is -2.35. The Balaban J connectivity index is 1.51. The summed E-state index contributed by atoms with van der Waals surface area (Å²) in [4.78, 5) is 14.7. The lowest BCUT2D eigenvalue weighted by molar-refractivity contribution is 0.441. The first-order chi connectivity index (χ1) is 15.1. The van der Waals surface area contributed by atoms with Crippen molar-refractivity contribution in [3.05, 3.63) is 6.07 Å². The van der Waals surface area contributed by atoms with Crippen LogP contribution < -0.4 is 20.4 Å². The Morgan fingerprint density at radius 1 is 0.839 bits per heavy atom. The van der Waals surface area contributed by atoms with Crippen LogP contribution in [0.3, 0.4) is 0 Å². The van der Waals surface area contributed by atoms with Gasteiger partial charge in [0.1, 0.15) is 11.6 Å². The summed E-state index contributed by atoms with van der Waals surface area (Å²) >= 11 is 5.67. The molecule has 0 bridgehead atoms. The minimum absolute atomic E-state index is 0.469. The van der Waals surface area contributed by atoms with Gasteiger partial charge in [0.15, 0.2) is 5.11 Å². The minimum atomic E-state index is 0.469. The molecular weight excluding hydrogens is 404 g/mol. The van der Waals surface area contributed by atoms with Gasteiger partial charge >= 0.3 is 0 Å². The molecule has 7 heteroatoms. The molecule has 3 heterocycles. The Labute approximate surface area is 193 Å². The van der Waals surface area contributed by atoms with Gasteiger partial charge in [-0.1, -0.05) is 39.5 Å². The predicted molar refractivity (Wildman–Crippen MR) is 134 cm³/mol. The third kappa shape index (κ3) is 6.43. The number of thiocarbonyl (C=S) groups is 1. The van der Waals surface area contributed by atoms with E-state index in [1.54, 1.807) is 0 Å².